The average molecular weight is 259 g/mol. The highest BCUT2D eigenvalue weighted by Gasteiger charge is 2.13. The number of aromatic nitrogens is 3. The maximum absolute atomic E-state index is 5.77. The maximum atomic E-state index is 5.77. The Bertz CT molecular complexity index is 439. The Balaban J connectivity index is 2.75. The van der Waals surface area contributed by atoms with Crippen LogP contribution in [0, 0.1) is 0 Å². The van der Waals surface area contributed by atoms with E-state index in [0.717, 1.165) is 20.5 Å². The molecule has 2 rings (SSSR count). The summed E-state index contributed by atoms with van der Waals surface area (Å²) < 4.78 is 4.95. The van der Waals surface area contributed by atoms with E-state index >= 15 is 0 Å². The zero-order valence-corrected chi connectivity index (χ0v) is 9.26. The highest BCUT2D eigenvalue weighted by Crippen LogP contribution is 2.27. The molecule has 6 heteroatoms. The largest absolute Gasteiger partial charge is 0.323 e. The SMILES string of the molecule is CC(N)c1snc2c(Br)ncnc12. The molecule has 68 valence electrons. The van der Waals surface area contributed by atoms with E-state index in [2.05, 4.69) is 30.3 Å². The van der Waals surface area contributed by atoms with Crippen molar-refractivity contribution in [3.8, 4) is 0 Å². The van der Waals surface area contributed by atoms with Crippen molar-refractivity contribution >= 4 is 38.5 Å². The van der Waals surface area contributed by atoms with Crippen LogP contribution >= 0.6 is 27.5 Å². The molecule has 0 fully saturated rings. The van der Waals surface area contributed by atoms with Crippen molar-refractivity contribution in [3.05, 3.63) is 15.8 Å². The van der Waals surface area contributed by atoms with Gasteiger partial charge in [0.2, 0.25) is 0 Å². The van der Waals surface area contributed by atoms with Crippen LogP contribution in [0.1, 0.15) is 17.8 Å². The molecule has 2 N–H and O–H groups in total. The predicted octanol–water partition coefficient (Wildman–Crippen LogP) is 1.87. The maximum Gasteiger partial charge on any atom is 0.136 e. The smallest absolute Gasteiger partial charge is 0.136 e. The number of nitrogens with two attached hydrogens (primary N) is 1. The molecule has 0 aromatic carbocycles. The normalized spacial score (nSPS) is 13.5. The van der Waals surface area contributed by atoms with Crippen molar-refractivity contribution in [1.82, 2.24) is 14.3 Å². The van der Waals surface area contributed by atoms with E-state index in [0.29, 0.717) is 0 Å². The van der Waals surface area contributed by atoms with Crippen LogP contribution in [0.2, 0.25) is 0 Å². The quantitative estimate of drug-likeness (QED) is 0.794. The van der Waals surface area contributed by atoms with E-state index in [1.165, 1.54) is 17.9 Å². The zero-order valence-electron chi connectivity index (χ0n) is 6.86. The summed E-state index contributed by atoms with van der Waals surface area (Å²) in [6.07, 6.45) is 1.51. The van der Waals surface area contributed by atoms with Crippen molar-refractivity contribution in [1.29, 1.82) is 0 Å². The Morgan fingerprint density at radius 3 is 2.92 bits per heavy atom. The van der Waals surface area contributed by atoms with Gasteiger partial charge in [-0.05, 0) is 34.4 Å². The van der Waals surface area contributed by atoms with E-state index in [1.807, 2.05) is 6.92 Å². The first kappa shape index (κ1) is 8.98. The molecule has 0 radical (unpaired) electrons. The molecule has 0 saturated heterocycles. The summed E-state index contributed by atoms with van der Waals surface area (Å²) in [5, 5.41) is 0. The number of rotatable bonds is 1. The number of hydrogen-bond acceptors (Lipinski definition) is 5. The van der Waals surface area contributed by atoms with Gasteiger partial charge in [-0.3, -0.25) is 0 Å². The highest BCUT2D eigenvalue weighted by molar-refractivity contribution is 9.10. The molecule has 0 aliphatic carbocycles. The zero-order chi connectivity index (χ0) is 9.42. The summed E-state index contributed by atoms with van der Waals surface area (Å²) >= 11 is 4.69. The van der Waals surface area contributed by atoms with Gasteiger partial charge in [0.1, 0.15) is 22.0 Å². The van der Waals surface area contributed by atoms with E-state index in [9.17, 15) is 0 Å². The fourth-order valence-corrected chi connectivity index (χ4v) is 2.31. The molecule has 1 atom stereocenters. The minimum Gasteiger partial charge on any atom is -0.323 e. The molecule has 2 aromatic heterocycles. The van der Waals surface area contributed by atoms with Crippen LogP contribution in [0.5, 0.6) is 0 Å². The van der Waals surface area contributed by atoms with Gasteiger partial charge in [-0.1, -0.05) is 0 Å². The van der Waals surface area contributed by atoms with Gasteiger partial charge < -0.3 is 5.73 Å². The summed E-state index contributed by atoms with van der Waals surface area (Å²) in [5.41, 5.74) is 7.41. The Morgan fingerprint density at radius 2 is 2.23 bits per heavy atom. The second kappa shape index (κ2) is 3.28. The minimum atomic E-state index is -0.0307. The third-order valence-corrected chi connectivity index (χ3v) is 3.28. The predicted molar refractivity (Wildman–Crippen MR) is 55.5 cm³/mol. The van der Waals surface area contributed by atoms with Crippen molar-refractivity contribution < 1.29 is 0 Å². The van der Waals surface area contributed by atoms with Gasteiger partial charge in [0.25, 0.3) is 0 Å². The molecule has 1 unspecified atom stereocenters. The molecule has 13 heavy (non-hydrogen) atoms. The van der Waals surface area contributed by atoms with Crippen LogP contribution in [-0.2, 0) is 0 Å². The Kier molecular flexibility index (Phi) is 2.27. The summed E-state index contributed by atoms with van der Waals surface area (Å²) in [5.74, 6) is 0. The fraction of sp³-hybridized carbons (Fsp3) is 0.286. The van der Waals surface area contributed by atoms with Crippen molar-refractivity contribution in [2.45, 2.75) is 13.0 Å². The molecule has 0 spiro atoms. The lowest BCUT2D eigenvalue weighted by atomic mass is 10.2. The molecule has 2 heterocycles. The number of nitrogens with zero attached hydrogens (tertiary/aromatic N) is 3. The van der Waals surface area contributed by atoms with Crippen LogP contribution in [0.3, 0.4) is 0 Å². The van der Waals surface area contributed by atoms with E-state index in [-0.39, 0.29) is 6.04 Å². The lowest BCUT2D eigenvalue weighted by Crippen LogP contribution is -2.03. The fourth-order valence-electron chi connectivity index (χ4n) is 1.06. The van der Waals surface area contributed by atoms with Crippen LogP contribution in [-0.4, -0.2) is 14.3 Å². The standard InChI is InChI=1S/C7H7BrN4S/c1-3(9)6-4-5(12-13-6)7(8)11-2-10-4/h2-3H,9H2,1H3. The van der Waals surface area contributed by atoms with Crippen LogP contribution in [0.25, 0.3) is 11.0 Å². The van der Waals surface area contributed by atoms with Crippen molar-refractivity contribution in [2.75, 3.05) is 0 Å². The molecule has 0 amide bonds. The first-order valence-electron chi connectivity index (χ1n) is 3.71. The Hall–Kier alpha value is -0.590. The minimum absolute atomic E-state index is 0.0307. The van der Waals surface area contributed by atoms with Crippen LogP contribution in [0.4, 0.5) is 0 Å². The van der Waals surface area contributed by atoms with Crippen molar-refractivity contribution in [3.63, 3.8) is 0 Å². The average Bonchev–Trinajstić information content (AvgIpc) is 2.48. The first-order chi connectivity index (χ1) is 6.20. The molecule has 0 saturated carbocycles. The monoisotopic (exact) mass is 258 g/mol. The number of halogens is 1. The third kappa shape index (κ3) is 1.45. The second-order valence-corrected chi connectivity index (χ2v) is 4.25. The van der Waals surface area contributed by atoms with Crippen LogP contribution < -0.4 is 5.73 Å². The van der Waals surface area contributed by atoms with Gasteiger partial charge in [0.15, 0.2) is 0 Å². The van der Waals surface area contributed by atoms with Gasteiger partial charge in [-0.2, -0.15) is 4.37 Å². The summed E-state index contributed by atoms with van der Waals surface area (Å²) in [6.45, 7) is 1.92. The van der Waals surface area contributed by atoms with E-state index in [4.69, 9.17) is 5.73 Å². The number of hydrogen-bond donors (Lipinski definition) is 1. The van der Waals surface area contributed by atoms with E-state index < -0.39 is 0 Å². The Labute approximate surface area is 87.5 Å². The molecule has 0 aliphatic rings. The van der Waals surface area contributed by atoms with Crippen molar-refractivity contribution in [2.24, 2.45) is 5.73 Å². The molecular weight excluding hydrogens is 252 g/mol. The molecule has 0 bridgehead atoms. The van der Waals surface area contributed by atoms with Gasteiger partial charge in [0.05, 0.1) is 4.88 Å². The molecule has 4 nitrogen and oxygen atoms in total. The van der Waals surface area contributed by atoms with Gasteiger partial charge in [-0.15, -0.1) is 0 Å². The lowest BCUT2D eigenvalue weighted by Gasteiger charge is -1.99. The molecule has 2 aromatic rings. The third-order valence-electron chi connectivity index (χ3n) is 1.66. The summed E-state index contributed by atoms with van der Waals surface area (Å²) in [6, 6.07) is -0.0307. The molecule has 0 aliphatic heterocycles. The topological polar surface area (TPSA) is 64.7 Å². The second-order valence-electron chi connectivity index (χ2n) is 2.70. The van der Waals surface area contributed by atoms with Gasteiger partial charge in [-0.25, -0.2) is 9.97 Å². The van der Waals surface area contributed by atoms with Gasteiger partial charge >= 0.3 is 0 Å². The number of fused-ring (bicyclic) bond motifs is 1. The van der Waals surface area contributed by atoms with Gasteiger partial charge in [0, 0.05) is 6.04 Å². The summed E-state index contributed by atoms with van der Waals surface area (Å²) in [4.78, 5) is 9.14. The summed E-state index contributed by atoms with van der Waals surface area (Å²) in [7, 11) is 0. The molecular formula is C7H7BrN4S. The highest BCUT2D eigenvalue weighted by atomic mass is 79.9. The first-order valence-corrected chi connectivity index (χ1v) is 5.28. The van der Waals surface area contributed by atoms with Crippen LogP contribution in [0.15, 0.2) is 10.9 Å². The van der Waals surface area contributed by atoms with E-state index in [1.54, 1.807) is 0 Å². The lowest BCUT2D eigenvalue weighted by molar-refractivity contribution is 0.842. The Morgan fingerprint density at radius 1 is 1.46 bits per heavy atom.